The van der Waals surface area contributed by atoms with Gasteiger partial charge in [0.25, 0.3) is 0 Å². The number of hydrogen-bond acceptors (Lipinski definition) is 2. The largest absolute Gasteiger partial charge is 0.508 e. The summed E-state index contributed by atoms with van der Waals surface area (Å²) in [5.41, 5.74) is 1.96. The Hall–Kier alpha value is -1.96. The quantitative estimate of drug-likeness (QED) is 0.805. The third-order valence-electron chi connectivity index (χ3n) is 2.17. The second-order valence-corrected chi connectivity index (χ2v) is 3.20. The van der Waals surface area contributed by atoms with Crippen molar-refractivity contribution in [1.82, 2.24) is 0 Å². The topological polar surface area (TPSA) is 29.5 Å². The molecule has 1 radical (unpaired) electrons. The summed E-state index contributed by atoms with van der Waals surface area (Å²) in [5, 5.41) is 9.36. The van der Waals surface area contributed by atoms with Crippen LogP contribution in [-0.2, 0) is 0 Å². The molecule has 1 N–H and O–H groups in total. The summed E-state index contributed by atoms with van der Waals surface area (Å²) in [6.45, 7) is 0. The van der Waals surface area contributed by atoms with Gasteiger partial charge in [0.05, 0.1) is 7.11 Å². The molecule has 75 valence electrons. The molecule has 0 amide bonds. The van der Waals surface area contributed by atoms with Gasteiger partial charge in [-0.05, 0) is 35.4 Å². The van der Waals surface area contributed by atoms with Gasteiger partial charge in [0.1, 0.15) is 11.5 Å². The van der Waals surface area contributed by atoms with Gasteiger partial charge < -0.3 is 9.84 Å². The first-order chi connectivity index (χ1) is 7.29. The van der Waals surface area contributed by atoms with Crippen molar-refractivity contribution in [2.45, 2.75) is 0 Å². The lowest BCUT2D eigenvalue weighted by molar-refractivity contribution is 0.414. The van der Waals surface area contributed by atoms with Crippen molar-refractivity contribution in [2.75, 3.05) is 7.11 Å². The second-order valence-electron chi connectivity index (χ2n) is 3.20. The summed E-state index contributed by atoms with van der Waals surface area (Å²) in [7, 11) is 1.61. The molecule has 0 bridgehead atoms. The lowest BCUT2D eigenvalue weighted by Crippen LogP contribution is -1.83. The zero-order valence-corrected chi connectivity index (χ0v) is 8.40. The van der Waals surface area contributed by atoms with E-state index in [1.165, 1.54) is 0 Å². The maximum Gasteiger partial charge on any atom is 0.127 e. The zero-order chi connectivity index (χ0) is 10.7. The number of benzene rings is 2. The molecule has 0 aliphatic rings. The molecule has 0 spiro atoms. The molecule has 0 aromatic heterocycles. The minimum absolute atomic E-state index is 0.263. The van der Waals surface area contributed by atoms with Crippen molar-refractivity contribution in [1.29, 1.82) is 0 Å². The molecule has 2 rings (SSSR count). The Balaban J connectivity index is 2.44. The van der Waals surface area contributed by atoms with Crippen LogP contribution in [0.25, 0.3) is 11.1 Å². The van der Waals surface area contributed by atoms with Crippen molar-refractivity contribution in [3.05, 3.63) is 48.5 Å². The molecule has 15 heavy (non-hydrogen) atoms. The smallest absolute Gasteiger partial charge is 0.127 e. The van der Waals surface area contributed by atoms with Crippen molar-refractivity contribution >= 4 is 0 Å². The lowest BCUT2D eigenvalue weighted by atomic mass is 10.1. The van der Waals surface area contributed by atoms with E-state index in [4.69, 9.17) is 4.74 Å². The van der Waals surface area contributed by atoms with E-state index in [2.05, 4.69) is 6.07 Å². The van der Waals surface area contributed by atoms with Crippen LogP contribution in [0, 0.1) is 6.07 Å². The third-order valence-corrected chi connectivity index (χ3v) is 2.17. The molecule has 0 saturated heterocycles. The predicted molar refractivity (Wildman–Crippen MR) is 58.9 cm³/mol. The number of hydrogen-bond donors (Lipinski definition) is 1. The van der Waals surface area contributed by atoms with Gasteiger partial charge in [0.15, 0.2) is 0 Å². The molecular weight excluding hydrogens is 188 g/mol. The Bertz CT molecular complexity index is 464. The molecule has 2 nitrogen and oxygen atoms in total. The second kappa shape index (κ2) is 4.05. The van der Waals surface area contributed by atoms with Gasteiger partial charge in [-0.25, -0.2) is 0 Å². The number of phenolic OH excluding ortho intramolecular Hbond substituents is 1. The molecular formula is C13H11O2. The highest BCUT2D eigenvalue weighted by Crippen LogP contribution is 2.25. The van der Waals surface area contributed by atoms with Crippen LogP contribution in [0.1, 0.15) is 0 Å². The van der Waals surface area contributed by atoms with Gasteiger partial charge in [-0.2, -0.15) is 0 Å². The van der Waals surface area contributed by atoms with Gasteiger partial charge in [0, 0.05) is 6.07 Å². The number of aromatic hydroxyl groups is 1. The minimum Gasteiger partial charge on any atom is -0.508 e. The van der Waals surface area contributed by atoms with Gasteiger partial charge in [0.2, 0.25) is 0 Å². The van der Waals surface area contributed by atoms with E-state index in [0.717, 1.165) is 11.1 Å². The Morgan fingerprint density at radius 2 is 1.93 bits per heavy atom. The number of methoxy groups -OCH3 is 1. The van der Waals surface area contributed by atoms with Crippen molar-refractivity contribution < 1.29 is 9.84 Å². The molecule has 0 unspecified atom stereocenters. The van der Waals surface area contributed by atoms with Crippen molar-refractivity contribution in [2.24, 2.45) is 0 Å². The Kier molecular flexibility index (Phi) is 2.59. The maximum absolute atomic E-state index is 9.36. The Labute approximate surface area is 88.8 Å². The normalized spacial score (nSPS) is 9.93. The van der Waals surface area contributed by atoms with E-state index >= 15 is 0 Å². The average molecular weight is 199 g/mol. The van der Waals surface area contributed by atoms with Crippen LogP contribution in [-0.4, -0.2) is 12.2 Å². The lowest BCUT2D eigenvalue weighted by Gasteiger charge is -2.04. The van der Waals surface area contributed by atoms with E-state index in [-0.39, 0.29) is 5.75 Å². The molecule has 2 aromatic rings. The highest BCUT2D eigenvalue weighted by Gasteiger charge is 2.00. The van der Waals surface area contributed by atoms with Crippen LogP contribution in [0.2, 0.25) is 0 Å². The number of ether oxygens (including phenoxy) is 1. The van der Waals surface area contributed by atoms with Crippen LogP contribution < -0.4 is 4.74 Å². The summed E-state index contributed by atoms with van der Waals surface area (Å²) < 4.78 is 5.09. The molecule has 2 aromatic carbocycles. The molecule has 2 heteroatoms. The first kappa shape index (κ1) is 9.59. The molecule has 0 aliphatic heterocycles. The first-order valence-corrected chi connectivity index (χ1v) is 4.65. The van der Waals surface area contributed by atoms with Crippen molar-refractivity contribution in [3.63, 3.8) is 0 Å². The van der Waals surface area contributed by atoms with E-state index in [1.54, 1.807) is 25.3 Å². The zero-order valence-electron chi connectivity index (χ0n) is 8.40. The van der Waals surface area contributed by atoms with Crippen LogP contribution in [0.3, 0.4) is 0 Å². The minimum atomic E-state index is 0.263. The Morgan fingerprint density at radius 1 is 1.13 bits per heavy atom. The monoisotopic (exact) mass is 199 g/mol. The highest BCUT2D eigenvalue weighted by atomic mass is 16.5. The van der Waals surface area contributed by atoms with Gasteiger partial charge in [-0.3, -0.25) is 0 Å². The average Bonchev–Trinajstić information content (AvgIpc) is 2.29. The first-order valence-electron chi connectivity index (χ1n) is 4.65. The van der Waals surface area contributed by atoms with Crippen molar-refractivity contribution in [3.8, 4) is 22.6 Å². The standard InChI is InChI=1S/C13H11O2/c1-15-13-7-3-5-11(9-13)10-4-2-6-12(14)8-10/h2-6,8-9,14H,1H3. The molecule has 0 saturated carbocycles. The van der Waals surface area contributed by atoms with Crippen LogP contribution >= 0.6 is 0 Å². The summed E-state index contributed by atoms with van der Waals surface area (Å²) in [6, 6.07) is 15.7. The van der Waals surface area contributed by atoms with E-state index in [0.29, 0.717) is 5.75 Å². The maximum atomic E-state index is 9.36. The highest BCUT2D eigenvalue weighted by molar-refractivity contribution is 5.66. The van der Waals surface area contributed by atoms with Gasteiger partial charge in [-0.15, -0.1) is 0 Å². The Morgan fingerprint density at radius 3 is 2.67 bits per heavy atom. The van der Waals surface area contributed by atoms with Gasteiger partial charge in [-0.1, -0.05) is 18.2 Å². The number of rotatable bonds is 2. The fourth-order valence-corrected chi connectivity index (χ4v) is 1.43. The fourth-order valence-electron chi connectivity index (χ4n) is 1.43. The predicted octanol–water partition coefficient (Wildman–Crippen LogP) is 2.87. The summed E-state index contributed by atoms with van der Waals surface area (Å²) in [5.74, 6) is 0.954. The molecule has 0 fully saturated rings. The number of phenols is 1. The van der Waals surface area contributed by atoms with E-state index in [9.17, 15) is 5.11 Å². The fraction of sp³-hybridized carbons (Fsp3) is 0.0769. The molecule has 0 heterocycles. The molecule has 0 atom stereocenters. The molecule has 0 aliphatic carbocycles. The van der Waals surface area contributed by atoms with E-state index in [1.807, 2.05) is 24.3 Å². The third kappa shape index (κ3) is 2.10. The van der Waals surface area contributed by atoms with E-state index < -0.39 is 0 Å². The SMILES string of the molecule is COc1[c]ccc(-c2cccc(O)c2)c1. The van der Waals surface area contributed by atoms with Crippen LogP contribution in [0.5, 0.6) is 11.5 Å². The van der Waals surface area contributed by atoms with Gasteiger partial charge >= 0.3 is 0 Å². The van der Waals surface area contributed by atoms with Crippen LogP contribution in [0.15, 0.2) is 42.5 Å². The summed E-state index contributed by atoms with van der Waals surface area (Å²) in [4.78, 5) is 0. The summed E-state index contributed by atoms with van der Waals surface area (Å²) in [6.07, 6.45) is 0. The van der Waals surface area contributed by atoms with Crippen LogP contribution in [0.4, 0.5) is 0 Å². The summed E-state index contributed by atoms with van der Waals surface area (Å²) >= 11 is 0.